The standard InChI is InChI=1S/C11H21NOS/c1-13-9-11(6-2-3-7-12-11)10-5-4-8-14-10/h10,12H,2-9H2,1H3. The summed E-state index contributed by atoms with van der Waals surface area (Å²) in [7, 11) is 1.83. The van der Waals surface area contributed by atoms with Crippen molar-refractivity contribution in [2.24, 2.45) is 0 Å². The van der Waals surface area contributed by atoms with Gasteiger partial charge in [-0.3, -0.25) is 0 Å². The second-order valence-corrected chi connectivity index (χ2v) is 5.79. The molecule has 2 fully saturated rings. The molecule has 14 heavy (non-hydrogen) atoms. The highest BCUT2D eigenvalue weighted by atomic mass is 32.2. The molecule has 2 saturated heterocycles. The number of rotatable bonds is 3. The van der Waals surface area contributed by atoms with Gasteiger partial charge in [-0.15, -0.1) is 0 Å². The number of nitrogens with one attached hydrogen (secondary N) is 1. The highest BCUT2D eigenvalue weighted by Gasteiger charge is 2.41. The maximum absolute atomic E-state index is 5.42. The summed E-state index contributed by atoms with van der Waals surface area (Å²) in [6.45, 7) is 2.07. The van der Waals surface area contributed by atoms with Gasteiger partial charge in [-0.1, -0.05) is 6.42 Å². The molecule has 0 bridgehead atoms. The Kier molecular flexibility index (Phi) is 3.74. The predicted molar refractivity (Wildman–Crippen MR) is 61.9 cm³/mol. The first-order valence-electron chi connectivity index (χ1n) is 5.73. The molecule has 2 aliphatic rings. The fourth-order valence-corrected chi connectivity index (χ4v) is 4.29. The smallest absolute Gasteiger partial charge is 0.0655 e. The van der Waals surface area contributed by atoms with E-state index in [0.29, 0.717) is 5.54 Å². The van der Waals surface area contributed by atoms with Crippen molar-refractivity contribution in [3.8, 4) is 0 Å². The van der Waals surface area contributed by atoms with E-state index in [1.807, 2.05) is 7.11 Å². The van der Waals surface area contributed by atoms with Crippen molar-refractivity contribution in [3.63, 3.8) is 0 Å². The van der Waals surface area contributed by atoms with E-state index in [1.54, 1.807) is 0 Å². The zero-order valence-electron chi connectivity index (χ0n) is 9.05. The second kappa shape index (κ2) is 4.86. The summed E-state index contributed by atoms with van der Waals surface area (Å²) in [6.07, 6.45) is 6.78. The van der Waals surface area contributed by atoms with Crippen LogP contribution in [0.3, 0.4) is 0 Å². The minimum atomic E-state index is 0.300. The maximum Gasteiger partial charge on any atom is 0.0655 e. The Hall–Kier alpha value is 0.270. The molecule has 0 amide bonds. The summed E-state index contributed by atoms with van der Waals surface area (Å²) in [5.74, 6) is 1.35. The van der Waals surface area contributed by atoms with Crippen molar-refractivity contribution in [3.05, 3.63) is 0 Å². The van der Waals surface area contributed by atoms with Crippen molar-refractivity contribution in [1.29, 1.82) is 0 Å². The van der Waals surface area contributed by atoms with Gasteiger partial charge in [0, 0.05) is 12.4 Å². The molecule has 1 N–H and O–H groups in total. The molecule has 0 spiro atoms. The second-order valence-electron chi connectivity index (χ2n) is 4.47. The van der Waals surface area contributed by atoms with Crippen LogP contribution in [0.1, 0.15) is 32.1 Å². The SMILES string of the molecule is COCC1(C2CCCS2)CCCCN1. The van der Waals surface area contributed by atoms with Crippen LogP contribution in [0.4, 0.5) is 0 Å². The van der Waals surface area contributed by atoms with E-state index in [4.69, 9.17) is 4.74 Å². The van der Waals surface area contributed by atoms with Gasteiger partial charge in [-0.25, -0.2) is 0 Å². The minimum absolute atomic E-state index is 0.300. The van der Waals surface area contributed by atoms with Crippen LogP contribution in [-0.4, -0.2) is 36.8 Å². The first-order chi connectivity index (χ1) is 6.87. The van der Waals surface area contributed by atoms with Gasteiger partial charge in [0.05, 0.1) is 12.1 Å². The average Bonchev–Trinajstić information content (AvgIpc) is 2.73. The number of ether oxygens (including phenoxy) is 1. The molecule has 0 aromatic heterocycles. The predicted octanol–water partition coefficient (Wildman–Crippen LogP) is 2.04. The van der Waals surface area contributed by atoms with Crippen molar-refractivity contribution in [2.75, 3.05) is 26.0 Å². The summed E-state index contributed by atoms with van der Waals surface area (Å²) in [5.41, 5.74) is 0.300. The minimum Gasteiger partial charge on any atom is -0.383 e. The molecular formula is C11H21NOS. The highest BCUT2D eigenvalue weighted by molar-refractivity contribution is 8.00. The number of methoxy groups -OCH3 is 1. The van der Waals surface area contributed by atoms with E-state index in [-0.39, 0.29) is 0 Å². The van der Waals surface area contributed by atoms with E-state index in [1.165, 1.54) is 44.4 Å². The van der Waals surface area contributed by atoms with Crippen LogP contribution in [0, 0.1) is 0 Å². The Morgan fingerprint density at radius 2 is 2.36 bits per heavy atom. The molecular weight excluding hydrogens is 194 g/mol. The van der Waals surface area contributed by atoms with Crippen LogP contribution in [-0.2, 0) is 4.74 Å². The van der Waals surface area contributed by atoms with Gasteiger partial charge in [0.15, 0.2) is 0 Å². The van der Waals surface area contributed by atoms with Crippen LogP contribution in [0.5, 0.6) is 0 Å². The quantitative estimate of drug-likeness (QED) is 0.778. The van der Waals surface area contributed by atoms with E-state index < -0.39 is 0 Å². The van der Waals surface area contributed by atoms with Crippen molar-refractivity contribution in [1.82, 2.24) is 5.32 Å². The van der Waals surface area contributed by atoms with Gasteiger partial charge in [-0.05, 0) is 38.0 Å². The first-order valence-corrected chi connectivity index (χ1v) is 6.78. The van der Waals surface area contributed by atoms with E-state index in [2.05, 4.69) is 17.1 Å². The zero-order chi connectivity index (χ0) is 9.86. The maximum atomic E-state index is 5.42. The van der Waals surface area contributed by atoms with E-state index in [0.717, 1.165) is 11.9 Å². The Balaban J connectivity index is 2.02. The lowest BCUT2D eigenvalue weighted by atomic mass is 9.84. The normalized spacial score (nSPS) is 38.8. The molecule has 0 aromatic carbocycles. The molecule has 2 atom stereocenters. The summed E-state index contributed by atoms with van der Waals surface area (Å²) >= 11 is 2.15. The van der Waals surface area contributed by atoms with Crippen LogP contribution in [0.2, 0.25) is 0 Å². The summed E-state index contributed by atoms with van der Waals surface area (Å²) in [6, 6.07) is 0. The largest absolute Gasteiger partial charge is 0.383 e. The third kappa shape index (κ3) is 2.10. The third-order valence-corrected chi connectivity index (χ3v) is 5.09. The fourth-order valence-electron chi connectivity index (χ4n) is 2.75. The Labute approximate surface area is 91.2 Å². The molecule has 0 aliphatic carbocycles. The molecule has 82 valence electrons. The van der Waals surface area contributed by atoms with Crippen LogP contribution < -0.4 is 5.32 Å². The fraction of sp³-hybridized carbons (Fsp3) is 1.00. The molecule has 2 nitrogen and oxygen atoms in total. The van der Waals surface area contributed by atoms with Crippen molar-refractivity contribution >= 4 is 11.8 Å². The molecule has 0 aromatic rings. The Morgan fingerprint density at radius 1 is 1.43 bits per heavy atom. The van der Waals surface area contributed by atoms with Gasteiger partial charge in [0.1, 0.15) is 0 Å². The van der Waals surface area contributed by atoms with Gasteiger partial charge >= 0.3 is 0 Å². The lowest BCUT2D eigenvalue weighted by molar-refractivity contribution is 0.0871. The van der Waals surface area contributed by atoms with E-state index in [9.17, 15) is 0 Å². The Morgan fingerprint density at radius 3 is 2.93 bits per heavy atom. The zero-order valence-corrected chi connectivity index (χ0v) is 9.87. The van der Waals surface area contributed by atoms with Crippen LogP contribution in [0.15, 0.2) is 0 Å². The molecule has 2 unspecified atom stereocenters. The lowest BCUT2D eigenvalue weighted by Gasteiger charge is -2.42. The lowest BCUT2D eigenvalue weighted by Crippen LogP contribution is -2.58. The van der Waals surface area contributed by atoms with Crippen LogP contribution in [0.25, 0.3) is 0 Å². The van der Waals surface area contributed by atoms with Gasteiger partial charge < -0.3 is 10.1 Å². The molecule has 0 saturated carbocycles. The van der Waals surface area contributed by atoms with Gasteiger partial charge in [0.25, 0.3) is 0 Å². The summed E-state index contributed by atoms with van der Waals surface area (Å²) in [4.78, 5) is 0. The molecule has 0 radical (unpaired) electrons. The monoisotopic (exact) mass is 215 g/mol. The molecule has 2 rings (SSSR count). The average molecular weight is 215 g/mol. The number of thioether (sulfide) groups is 1. The molecule has 2 heterocycles. The highest BCUT2D eigenvalue weighted by Crippen LogP contribution is 2.38. The van der Waals surface area contributed by atoms with Crippen LogP contribution >= 0.6 is 11.8 Å². The topological polar surface area (TPSA) is 21.3 Å². The third-order valence-electron chi connectivity index (χ3n) is 3.47. The van der Waals surface area contributed by atoms with Gasteiger partial charge in [0.2, 0.25) is 0 Å². The summed E-state index contributed by atoms with van der Waals surface area (Å²) < 4.78 is 5.42. The van der Waals surface area contributed by atoms with Gasteiger partial charge in [-0.2, -0.15) is 11.8 Å². The number of hydrogen-bond donors (Lipinski definition) is 1. The molecule has 3 heteroatoms. The number of hydrogen-bond acceptors (Lipinski definition) is 3. The van der Waals surface area contributed by atoms with E-state index >= 15 is 0 Å². The first kappa shape index (κ1) is 10.8. The number of piperidine rings is 1. The molecule has 2 aliphatic heterocycles. The van der Waals surface area contributed by atoms with Crippen molar-refractivity contribution in [2.45, 2.75) is 42.9 Å². The summed E-state index contributed by atoms with van der Waals surface area (Å²) in [5, 5.41) is 4.52. The Bertz CT molecular complexity index is 169. The van der Waals surface area contributed by atoms with Crippen molar-refractivity contribution < 1.29 is 4.74 Å².